The summed E-state index contributed by atoms with van der Waals surface area (Å²) in [6.45, 7) is 5.63. The van der Waals surface area contributed by atoms with Gasteiger partial charge >= 0.3 is 12.1 Å². The first-order valence-electron chi connectivity index (χ1n) is 8.67. The first-order chi connectivity index (χ1) is 13.0. The molecule has 0 radical (unpaired) electrons. The van der Waals surface area contributed by atoms with Crippen LogP contribution < -0.4 is 4.90 Å². The van der Waals surface area contributed by atoms with Crippen LogP contribution in [0, 0.1) is 10.1 Å². The van der Waals surface area contributed by atoms with Crippen molar-refractivity contribution in [1.82, 2.24) is 14.9 Å². The van der Waals surface area contributed by atoms with Gasteiger partial charge < -0.3 is 24.6 Å². The number of carbonyl (C=O) groups excluding carboxylic acids is 1. The zero-order valence-corrected chi connectivity index (χ0v) is 15.7. The fourth-order valence-corrected chi connectivity index (χ4v) is 2.97. The molecule has 11 heteroatoms. The number of aromatic nitrogens is 2. The minimum absolute atomic E-state index is 0.0680. The van der Waals surface area contributed by atoms with Gasteiger partial charge in [-0.15, -0.1) is 0 Å². The van der Waals surface area contributed by atoms with Crippen molar-refractivity contribution in [3.63, 3.8) is 0 Å². The topological polar surface area (TPSA) is 142 Å². The minimum atomic E-state index is -1.11. The third kappa shape index (κ3) is 3.97. The molecule has 0 spiro atoms. The van der Waals surface area contributed by atoms with Crippen LogP contribution in [0.5, 0.6) is 0 Å². The number of benzene rings is 1. The molecule has 150 valence electrons. The van der Waals surface area contributed by atoms with Crippen molar-refractivity contribution < 1.29 is 24.4 Å². The van der Waals surface area contributed by atoms with E-state index in [1.165, 1.54) is 28.0 Å². The molecule has 3 rings (SSSR count). The predicted molar refractivity (Wildman–Crippen MR) is 99.3 cm³/mol. The summed E-state index contributed by atoms with van der Waals surface area (Å²) in [5.74, 6) is -0.827. The first-order valence-corrected chi connectivity index (χ1v) is 8.67. The predicted octanol–water partition coefficient (Wildman–Crippen LogP) is 1.98. The number of carboxylic acid groups (broad SMARTS) is 1. The van der Waals surface area contributed by atoms with E-state index in [2.05, 4.69) is 9.97 Å². The number of H-pyrrole nitrogens is 1. The Labute approximate surface area is 160 Å². The second kappa shape index (κ2) is 6.98. The molecule has 0 unspecified atom stereocenters. The van der Waals surface area contributed by atoms with E-state index in [1.807, 2.05) is 0 Å². The molecule has 11 nitrogen and oxygen atoms in total. The van der Waals surface area contributed by atoms with Gasteiger partial charge in [-0.2, -0.15) is 0 Å². The van der Waals surface area contributed by atoms with E-state index in [-0.39, 0.29) is 31.3 Å². The number of nitrogens with one attached hydrogen (secondary N) is 1. The Hall–Kier alpha value is -3.37. The minimum Gasteiger partial charge on any atom is -0.480 e. The molecule has 2 N–H and O–H groups in total. The average molecular weight is 391 g/mol. The quantitative estimate of drug-likeness (QED) is 0.597. The Morgan fingerprint density at radius 1 is 1.36 bits per heavy atom. The van der Waals surface area contributed by atoms with E-state index in [0.717, 1.165) is 0 Å². The number of non-ortho nitro benzene ring substituents is 1. The monoisotopic (exact) mass is 391 g/mol. The summed E-state index contributed by atoms with van der Waals surface area (Å²) in [7, 11) is 0. The van der Waals surface area contributed by atoms with Gasteiger partial charge in [-0.1, -0.05) is 0 Å². The largest absolute Gasteiger partial charge is 0.480 e. The SMILES string of the molecule is CC(C)(C)OC(=O)N1CCN(c2nc3ccc([N+](=O)[O-])cc3[nH]2)[C@@H](C(=O)O)C1. The van der Waals surface area contributed by atoms with E-state index in [0.29, 0.717) is 11.0 Å². The molecule has 1 aliphatic heterocycles. The number of nitro groups is 1. The molecular weight excluding hydrogens is 370 g/mol. The molecule has 0 aliphatic carbocycles. The van der Waals surface area contributed by atoms with Crippen LogP contribution in [-0.2, 0) is 9.53 Å². The number of aromatic amines is 1. The first kappa shape index (κ1) is 19.4. The molecule has 2 aromatic rings. The Kier molecular flexibility index (Phi) is 4.84. The molecule has 1 fully saturated rings. The Morgan fingerprint density at radius 2 is 2.07 bits per heavy atom. The van der Waals surface area contributed by atoms with Crippen LogP contribution in [0.15, 0.2) is 18.2 Å². The van der Waals surface area contributed by atoms with Crippen molar-refractivity contribution in [2.45, 2.75) is 32.4 Å². The number of imidazole rings is 1. The van der Waals surface area contributed by atoms with E-state index in [4.69, 9.17) is 4.74 Å². The van der Waals surface area contributed by atoms with E-state index in [9.17, 15) is 24.8 Å². The van der Waals surface area contributed by atoms with Gasteiger partial charge in [0.1, 0.15) is 11.6 Å². The van der Waals surface area contributed by atoms with Crippen LogP contribution in [-0.4, -0.2) is 68.2 Å². The van der Waals surface area contributed by atoms with E-state index in [1.54, 1.807) is 20.8 Å². The highest BCUT2D eigenvalue weighted by atomic mass is 16.6. The summed E-state index contributed by atoms with van der Waals surface area (Å²) in [4.78, 5) is 44.7. The lowest BCUT2D eigenvalue weighted by Gasteiger charge is -2.39. The summed E-state index contributed by atoms with van der Waals surface area (Å²) in [5, 5.41) is 20.6. The third-order valence-corrected chi connectivity index (χ3v) is 4.25. The van der Waals surface area contributed by atoms with Crippen LogP contribution in [0.1, 0.15) is 20.8 Å². The molecule has 1 saturated heterocycles. The van der Waals surface area contributed by atoms with Gasteiger partial charge in [0.25, 0.3) is 5.69 Å². The lowest BCUT2D eigenvalue weighted by molar-refractivity contribution is -0.384. The summed E-state index contributed by atoms with van der Waals surface area (Å²) in [6, 6.07) is 3.15. The van der Waals surface area contributed by atoms with Crippen LogP contribution in [0.25, 0.3) is 11.0 Å². The number of amides is 1. The highest BCUT2D eigenvalue weighted by Gasteiger charge is 2.37. The Balaban J connectivity index is 1.84. The highest BCUT2D eigenvalue weighted by molar-refractivity contribution is 5.83. The number of carboxylic acids is 1. The molecular formula is C17H21N5O6. The van der Waals surface area contributed by atoms with Crippen molar-refractivity contribution >= 4 is 34.7 Å². The lowest BCUT2D eigenvalue weighted by Crippen LogP contribution is -2.58. The standard InChI is InChI=1S/C17H21N5O6/c1-17(2,3)28-16(25)20-6-7-21(13(9-20)14(23)24)15-18-11-5-4-10(22(26)27)8-12(11)19-15/h4-5,8,13H,6-7,9H2,1-3H3,(H,18,19)(H,23,24)/t13-/m1/s1. The molecule has 1 atom stereocenters. The van der Waals surface area contributed by atoms with Gasteiger partial charge in [0.2, 0.25) is 5.95 Å². The second-order valence-electron chi connectivity index (χ2n) is 7.49. The zero-order valence-electron chi connectivity index (χ0n) is 15.7. The Morgan fingerprint density at radius 3 is 2.68 bits per heavy atom. The number of hydrogen-bond acceptors (Lipinski definition) is 7. The van der Waals surface area contributed by atoms with Crippen molar-refractivity contribution in [3.8, 4) is 0 Å². The molecule has 1 aromatic carbocycles. The Bertz CT molecular complexity index is 934. The van der Waals surface area contributed by atoms with Gasteiger partial charge in [-0.25, -0.2) is 14.6 Å². The van der Waals surface area contributed by atoms with Crippen LogP contribution in [0.3, 0.4) is 0 Å². The molecule has 0 bridgehead atoms. The van der Waals surface area contributed by atoms with Gasteiger partial charge in [0, 0.05) is 25.2 Å². The number of nitro benzene ring substituents is 1. The van der Waals surface area contributed by atoms with Gasteiger partial charge in [-0.05, 0) is 26.8 Å². The number of anilines is 1. The number of ether oxygens (including phenoxy) is 1. The second-order valence-corrected chi connectivity index (χ2v) is 7.49. The number of aliphatic carboxylic acids is 1. The van der Waals surface area contributed by atoms with E-state index < -0.39 is 28.6 Å². The van der Waals surface area contributed by atoms with Gasteiger partial charge in [0.15, 0.2) is 0 Å². The average Bonchev–Trinajstić information content (AvgIpc) is 3.02. The summed E-state index contributed by atoms with van der Waals surface area (Å²) in [6.07, 6.45) is -0.571. The number of hydrogen-bond donors (Lipinski definition) is 2. The van der Waals surface area contributed by atoms with Crippen molar-refractivity contribution in [3.05, 3.63) is 28.3 Å². The van der Waals surface area contributed by atoms with Gasteiger partial charge in [-0.3, -0.25) is 10.1 Å². The molecule has 28 heavy (non-hydrogen) atoms. The summed E-state index contributed by atoms with van der Waals surface area (Å²) in [5.41, 5.74) is 0.148. The number of piperazine rings is 1. The van der Waals surface area contributed by atoms with E-state index >= 15 is 0 Å². The highest BCUT2D eigenvalue weighted by Crippen LogP contribution is 2.25. The molecule has 1 amide bonds. The van der Waals surface area contributed by atoms with Crippen LogP contribution in [0.4, 0.5) is 16.4 Å². The summed E-state index contributed by atoms with van der Waals surface area (Å²) >= 11 is 0. The van der Waals surface area contributed by atoms with Gasteiger partial charge in [0.05, 0.1) is 22.5 Å². The fraction of sp³-hybridized carbons (Fsp3) is 0.471. The third-order valence-electron chi connectivity index (χ3n) is 4.25. The lowest BCUT2D eigenvalue weighted by atomic mass is 10.1. The maximum Gasteiger partial charge on any atom is 0.410 e. The van der Waals surface area contributed by atoms with Crippen LogP contribution >= 0.6 is 0 Å². The van der Waals surface area contributed by atoms with Crippen LogP contribution in [0.2, 0.25) is 0 Å². The molecule has 2 heterocycles. The molecule has 1 aliphatic rings. The number of fused-ring (bicyclic) bond motifs is 1. The molecule has 1 aromatic heterocycles. The van der Waals surface area contributed by atoms with Crippen molar-refractivity contribution in [2.75, 3.05) is 24.5 Å². The maximum absolute atomic E-state index is 12.3. The number of carbonyl (C=O) groups is 2. The normalized spacial score (nSPS) is 17.6. The maximum atomic E-state index is 12.3. The van der Waals surface area contributed by atoms with Crippen molar-refractivity contribution in [2.24, 2.45) is 0 Å². The fourth-order valence-electron chi connectivity index (χ4n) is 2.97. The summed E-state index contributed by atoms with van der Waals surface area (Å²) < 4.78 is 5.32. The number of nitrogens with zero attached hydrogens (tertiary/aromatic N) is 4. The smallest absolute Gasteiger partial charge is 0.410 e. The molecule has 0 saturated carbocycles. The number of rotatable bonds is 3. The van der Waals surface area contributed by atoms with Crippen molar-refractivity contribution in [1.29, 1.82) is 0 Å². The zero-order chi connectivity index (χ0) is 20.6.